The maximum Gasteiger partial charge on any atom is 0.190 e. The first-order valence-corrected chi connectivity index (χ1v) is 14.1. The normalized spacial score (nSPS) is 14.3. The van der Waals surface area contributed by atoms with Crippen LogP contribution in [0, 0.1) is 11.3 Å². The topological polar surface area (TPSA) is 61.0 Å². The summed E-state index contributed by atoms with van der Waals surface area (Å²) in [6, 6.07) is 27.9. The second-order valence-electron chi connectivity index (χ2n) is 9.72. The van der Waals surface area contributed by atoms with Crippen molar-refractivity contribution < 1.29 is 0 Å². The van der Waals surface area contributed by atoms with E-state index in [1.807, 2.05) is 6.07 Å². The Morgan fingerprint density at radius 2 is 1.61 bits per heavy atom. The molecule has 6 rings (SSSR count). The molecule has 0 atom stereocenters. The van der Waals surface area contributed by atoms with Crippen molar-refractivity contribution >= 4 is 39.4 Å². The molecule has 0 aliphatic carbocycles. The standard InChI is InChI=1S/C31H30N6S/c1-3-37-27-12-8-7-11-24(27)25-19-23(13-14-28(25)37)29-26(20-32)30(36-17-15-35(2)16-18-36)34-31(33-29)38-21-22-9-5-4-6-10-22/h4-14,19H,3,15-18,21H2,1-2H3. The van der Waals surface area contributed by atoms with Crippen LogP contribution in [0.1, 0.15) is 18.1 Å². The number of fused-ring (bicyclic) bond motifs is 3. The van der Waals surface area contributed by atoms with Crippen molar-refractivity contribution in [3.8, 4) is 17.3 Å². The molecule has 0 radical (unpaired) electrons. The number of aryl methyl sites for hydroxylation is 1. The lowest BCUT2D eigenvalue weighted by molar-refractivity contribution is 0.311. The Morgan fingerprint density at radius 3 is 2.37 bits per heavy atom. The van der Waals surface area contributed by atoms with Crippen LogP contribution in [0.25, 0.3) is 33.1 Å². The van der Waals surface area contributed by atoms with Gasteiger partial charge < -0.3 is 14.4 Å². The molecule has 1 fully saturated rings. The van der Waals surface area contributed by atoms with E-state index in [9.17, 15) is 5.26 Å². The molecule has 0 amide bonds. The third-order valence-electron chi connectivity index (χ3n) is 7.36. The van der Waals surface area contributed by atoms with Crippen LogP contribution < -0.4 is 4.90 Å². The van der Waals surface area contributed by atoms with E-state index < -0.39 is 0 Å². The van der Waals surface area contributed by atoms with Gasteiger partial charge in [0.25, 0.3) is 0 Å². The number of likely N-dealkylation sites (N-methyl/N-ethyl adjacent to an activating group) is 1. The fourth-order valence-electron chi connectivity index (χ4n) is 5.32. The molecule has 0 unspecified atom stereocenters. The van der Waals surface area contributed by atoms with Crippen molar-refractivity contribution in [2.75, 3.05) is 38.1 Å². The molecule has 3 heterocycles. The lowest BCUT2D eigenvalue weighted by atomic mass is 10.0. The average Bonchev–Trinajstić information content (AvgIpc) is 3.29. The van der Waals surface area contributed by atoms with Crippen molar-refractivity contribution in [2.24, 2.45) is 0 Å². The van der Waals surface area contributed by atoms with Crippen molar-refractivity contribution in [3.63, 3.8) is 0 Å². The van der Waals surface area contributed by atoms with Crippen molar-refractivity contribution in [2.45, 2.75) is 24.4 Å². The van der Waals surface area contributed by atoms with Gasteiger partial charge in [0, 0.05) is 65.8 Å². The number of benzene rings is 3. The zero-order chi connectivity index (χ0) is 26.1. The molecule has 0 saturated carbocycles. The Labute approximate surface area is 227 Å². The predicted octanol–water partition coefficient (Wildman–Crippen LogP) is 6.19. The van der Waals surface area contributed by atoms with Crippen LogP contribution in [-0.4, -0.2) is 52.7 Å². The van der Waals surface area contributed by atoms with Gasteiger partial charge in [-0.2, -0.15) is 5.26 Å². The molecule has 38 heavy (non-hydrogen) atoms. The third kappa shape index (κ3) is 4.51. The molecular formula is C31H30N6S. The van der Waals surface area contributed by atoms with Gasteiger partial charge in [-0.1, -0.05) is 66.4 Å². The monoisotopic (exact) mass is 518 g/mol. The van der Waals surface area contributed by atoms with Gasteiger partial charge in [0.1, 0.15) is 11.6 Å². The maximum atomic E-state index is 10.4. The minimum atomic E-state index is 0.553. The van der Waals surface area contributed by atoms with Gasteiger partial charge in [0.2, 0.25) is 0 Å². The van der Waals surface area contributed by atoms with E-state index in [0.717, 1.165) is 49.9 Å². The lowest BCUT2D eigenvalue weighted by Gasteiger charge is -2.34. The van der Waals surface area contributed by atoms with Crippen LogP contribution in [0.15, 0.2) is 78.0 Å². The zero-order valence-corrected chi connectivity index (χ0v) is 22.6. The zero-order valence-electron chi connectivity index (χ0n) is 21.8. The number of nitrogens with zero attached hydrogens (tertiary/aromatic N) is 6. The van der Waals surface area contributed by atoms with Crippen LogP contribution in [0.5, 0.6) is 0 Å². The minimum absolute atomic E-state index is 0.553. The largest absolute Gasteiger partial charge is 0.353 e. The second kappa shape index (κ2) is 10.5. The summed E-state index contributed by atoms with van der Waals surface area (Å²) < 4.78 is 2.34. The summed E-state index contributed by atoms with van der Waals surface area (Å²) in [5.41, 5.74) is 5.86. The number of anilines is 1. The van der Waals surface area contributed by atoms with Gasteiger partial charge >= 0.3 is 0 Å². The summed E-state index contributed by atoms with van der Waals surface area (Å²) >= 11 is 1.62. The Kier molecular flexibility index (Phi) is 6.75. The molecule has 0 bridgehead atoms. The second-order valence-corrected chi connectivity index (χ2v) is 10.7. The highest BCUT2D eigenvalue weighted by molar-refractivity contribution is 7.98. The maximum absolute atomic E-state index is 10.4. The van der Waals surface area contributed by atoms with Gasteiger partial charge in [0.15, 0.2) is 11.0 Å². The Hall–Kier alpha value is -3.86. The molecule has 3 aromatic carbocycles. The van der Waals surface area contributed by atoms with Crippen LogP contribution in [-0.2, 0) is 12.3 Å². The summed E-state index contributed by atoms with van der Waals surface area (Å²) in [4.78, 5) is 14.5. The molecule has 1 aliphatic rings. The molecule has 1 aliphatic heterocycles. The van der Waals surface area contributed by atoms with Crippen LogP contribution in [0.2, 0.25) is 0 Å². The minimum Gasteiger partial charge on any atom is -0.353 e. The highest BCUT2D eigenvalue weighted by Crippen LogP contribution is 2.36. The molecule has 0 N–H and O–H groups in total. The van der Waals surface area contributed by atoms with Crippen molar-refractivity contribution in [1.29, 1.82) is 5.26 Å². The number of piperazine rings is 1. The number of rotatable bonds is 6. The highest BCUT2D eigenvalue weighted by atomic mass is 32.2. The molecule has 0 spiro atoms. The molecule has 1 saturated heterocycles. The van der Waals surface area contributed by atoms with E-state index in [4.69, 9.17) is 9.97 Å². The van der Waals surface area contributed by atoms with Crippen LogP contribution >= 0.6 is 11.8 Å². The first-order valence-electron chi connectivity index (χ1n) is 13.1. The highest BCUT2D eigenvalue weighted by Gasteiger charge is 2.24. The van der Waals surface area contributed by atoms with Crippen molar-refractivity contribution in [3.05, 3.63) is 83.9 Å². The van der Waals surface area contributed by atoms with E-state index in [-0.39, 0.29) is 0 Å². The Bertz CT molecular complexity index is 1640. The first kappa shape index (κ1) is 24.5. The Morgan fingerprint density at radius 1 is 0.868 bits per heavy atom. The first-order chi connectivity index (χ1) is 18.7. The molecule has 6 nitrogen and oxygen atoms in total. The van der Waals surface area contributed by atoms with Gasteiger partial charge in [-0.3, -0.25) is 0 Å². The molecule has 2 aromatic heterocycles. The van der Waals surface area contributed by atoms with E-state index in [1.165, 1.54) is 27.4 Å². The summed E-state index contributed by atoms with van der Waals surface area (Å²) in [5, 5.41) is 13.5. The fraction of sp³-hybridized carbons (Fsp3) is 0.258. The summed E-state index contributed by atoms with van der Waals surface area (Å²) in [7, 11) is 2.14. The van der Waals surface area contributed by atoms with E-state index in [2.05, 4.69) is 101 Å². The average molecular weight is 519 g/mol. The van der Waals surface area contributed by atoms with Crippen LogP contribution in [0.4, 0.5) is 5.82 Å². The number of nitriles is 1. The van der Waals surface area contributed by atoms with Gasteiger partial charge in [0.05, 0.1) is 5.69 Å². The quantitative estimate of drug-likeness (QED) is 0.197. The van der Waals surface area contributed by atoms with Gasteiger partial charge in [-0.05, 0) is 37.7 Å². The third-order valence-corrected chi connectivity index (χ3v) is 8.28. The summed E-state index contributed by atoms with van der Waals surface area (Å²) in [6.45, 7) is 6.64. The van der Waals surface area contributed by atoms with Crippen LogP contribution in [0.3, 0.4) is 0 Å². The van der Waals surface area contributed by atoms with E-state index >= 15 is 0 Å². The predicted molar refractivity (Wildman–Crippen MR) is 157 cm³/mol. The molecular weight excluding hydrogens is 488 g/mol. The number of hydrogen-bond acceptors (Lipinski definition) is 6. The van der Waals surface area contributed by atoms with E-state index in [1.54, 1.807) is 11.8 Å². The summed E-state index contributed by atoms with van der Waals surface area (Å²) in [5.74, 6) is 1.52. The van der Waals surface area contributed by atoms with Gasteiger partial charge in [-0.15, -0.1) is 0 Å². The molecule has 5 aromatic rings. The molecule has 190 valence electrons. The number of hydrogen-bond donors (Lipinski definition) is 0. The van der Waals surface area contributed by atoms with Crippen molar-refractivity contribution in [1.82, 2.24) is 19.4 Å². The number of para-hydroxylation sites is 1. The van der Waals surface area contributed by atoms with E-state index in [0.29, 0.717) is 16.4 Å². The Balaban J connectivity index is 1.49. The lowest BCUT2D eigenvalue weighted by Crippen LogP contribution is -2.45. The molecule has 7 heteroatoms. The SMILES string of the molecule is CCn1c2ccccc2c2cc(-c3nc(SCc4ccccc4)nc(N4CCN(C)CC4)c3C#N)ccc21. The number of aromatic nitrogens is 3. The fourth-order valence-corrected chi connectivity index (χ4v) is 6.11. The smallest absolute Gasteiger partial charge is 0.190 e. The number of thioether (sulfide) groups is 1. The van der Waals surface area contributed by atoms with Gasteiger partial charge in [-0.25, -0.2) is 9.97 Å². The summed E-state index contributed by atoms with van der Waals surface area (Å²) in [6.07, 6.45) is 0.